The van der Waals surface area contributed by atoms with Crippen LogP contribution < -0.4 is 0 Å². The normalized spacial score (nSPS) is 18.5. The fraction of sp³-hybridized carbons (Fsp3) is 0.667. The van der Waals surface area contributed by atoms with Crippen LogP contribution in [0.5, 0.6) is 0 Å². The summed E-state index contributed by atoms with van der Waals surface area (Å²) in [4.78, 5) is 25.6. The minimum absolute atomic E-state index is 0.0238. The molecule has 2 rings (SSSR count). The van der Waals surface area contributed by atoms with Crippen molar-refractivity contribution in [3.63, 3.8) is 0 Å². The van der Waals surface area contributed by atoms with Crippen LogP contribution in [0.25, 0.3) is 0 Å². The van der Waals surface area contributed by atoms with Gasteiger partial charge in [-0.05, 0) is 58.1 Å². The summed E-state index contributed by atoms with van der Waals surface area (Å²) in [7, 11) is 0. The summed E-state index contributed by atoms with van der Waals surface area (Å²) in [6.45, 7) is 7.56. The molecule has 1 amide bonds. The molecule has 0 aliphatic carbocycles. The van der Waals surface area contributed by atoms with Gasteiger partial charge in [-0.25, -0.2) is 4.79 Å². The summed E-state index contributed by atoms with van der Waals surface area (Å²) in [5, 5.41) is 0. The first-order valence-electron chi connectivity index (χ1n) is 8.47. The van der Waals surface area contributed by atoms with Crippen molar-refractivity contribution in [2.24, 2.45) is 5.92 Å². The summed E-state index contributed by atoms with van der Waals surface area (Å²) >= 11 is 0. The Bertz CT molecular complexity index is 532. The van der Waals surface area contributed by atoms with Gasteiger partial charge in [-0.1, -0.05) is 0 Å². The Morgan fingerprint density at radius 2 is 2.17 bits per heavy atom. The van der Waals surface area contributed by atoms with Gasteiger partial charge in [-0.3, -0.25) is 4.79 Å². The van der Waals surface area contributed by atoms with E-state index in [2.05, 4.69) is 0 Å². The van der Waals surface area contributed by atoms with Crippen LogP contribution in [0.15, 0.2) is 22.8 Å². The van der Waals surface area contributed by atoms with Crippen LogP contribution in [0.1, 0.15) is 50.6 Å². The largest absolute Gasteiger partial charge is 0.461 e. The topological polar surface area (TPSA) is 69.0 Å². The molecular weight excluding hydrogens is 310 g/mol. The molecule has 1 aliphatic heterocycles. The number of Topliss-reactive ketones (excluding diaryl/α,β-unsaturated/α-hetero) is 1. The number of rotatable bonds is 6. The van der Waals surface area contributed by atoms with Crippen molar-refractivity contribution in [3.05, 3.63) is 24.2 Å². The van der Waals surface area contributed by atoms with Crippen LogP contribution in [-0.2, 0) is 9.47 Å². The maximum absolute atomic E-state index is 12.1. The van der Waals surface area contributed by atoms with E-state index in [-0.39, 0.29) is 18.5 Å². The predicted octanol–water partition coefficient (Wildman–Crippen LogP) is 3.52. The number of amides is 1. The highest BCUT2D eigenvalue weighted by atomic mass is 16.6. The second-order valence-electron chi connectivity index (χ2n) is 7.18. The predicted molar refractivity (Wildman–Crippen MR) is 89.0 cm³/mol. The van der Waals surface area contributed by atoms with Gasteiger partial charge >= 0.3 is 6.09 Å². The van der Waals surface area contributed by atoms with E-state index in [9.17, 15) is 9.59 Å². The Balaban J connectivity index is 1.67. The highest BCUT2D eigenvalue weighted by Crippen LogP contribution is 2.21. The average Bonchev–Trinajstić information content (AvgIpc) is 3.04. The first-order chi connectivity index (χ1) is 11.3. The van der Waals surface area contributed by atoms with E-state index in [4.69, 9.17) is 13.9 Å². The van der Waals surface area contributed by atoms with Crippen molar-refractivity contribution < 1.29 is 23.5 Å². The molecular formula is C18H27NO5. The lowest BCUT2D eigenvalue weighted by Gasteiger charge is -2.34. The molecule has 1 fully saturated rings. The standard InChI is InChI=1S/C18H27NO5/c1-18(2,3)24-17(21)19-9-4-6-14(12-19)8-11-22-13-15(20)16-7-5-10-23-16/h5,7,10,14H,4,6,8-9,11-13H2,1-3H3/t14-/m0/s1. The highest BCUT2D eigenvalue weighted by Gasteiger charge is 2.27. The van der Waals surface area contributed by atoms with Crippen LogP contribution >= 0.6 is 0 Å². The molecule has 1 aliphatic rings. The van der Waals surface area contributed by atoms with Gasteiger partial charge in [0.1, 0.15) is 12.2 Å². The Labute approximate surface area is 143 Å². The fourth-order valence-electron chi connectivity index (χ4n) is 2.72. The van der Waals surface area contributed by atoms with Crippen molar-refractivity contribution in [1.82, 2.24) is 4.90 Å². The molecule has 0 aromatic carbocycles. The Morgan fingerprint density at radius 1 is 1.38 bits per heavy atom. The van der Waals surface area contributed by atoms with Gasteiger partial charge in [0.2, 0.25) is 5.78 Å². The third kappa shape index (κ3) is 6.00. The smallest absolute Gasteiger partial charge is 0.410 e. The molecule has 1 saturated heterocycles. The molecule has 1 atom stereocenters. The van der Waals surface area contributed by atoms with Gasteiger partial charge in [-0.15, -0.1) is 0 Å². The van der Waals surface area contributed by atoms with Crippen molar-refractivity contribution >= 4 is 11.9 Å². The summed E-state index contributed by atoms with van der Waals surface area (Å²) in [6.07, 6.45) is 4.08. The average molecular weight is 337 g/mol. The van der Waals surface area contributed by atoms with Gasteiger partial charge in [0.15, 0.2) is 5.76 Å². The van der Waals surface area contributed by atoms with Crippen molar-refractivity contribution in [1.29, 1.82) is 0 Å². The number of furan rings is 1. The molecule has 24 heavy (non-hydrogen) atoms. The zero-order chi connectivity index (χ0) is 17.6. The monoisotopic (exact) mass is 337 g/mol. The maximum Gasteiger partial charge on any atom is 0.410 e. The number of carbonyl (C=O) groups is 2. The molecule has 0 N–H and O–H groups in total. The summed E-state index contributed by atoms with van der Waals surface area (Å²) in [5.74, 6) is 0.549. The lowest BCUT2D eigenvalue weighted by atomic mass is 9.95. The first kappa shape index (κ1) is 18.5. The second kappa shape index (κ2) is 8.33. The molecule has 1 aromatic heterocycles. The van der Waals surface area contributed by atoms with Gasteiger partial charge in [0, 0.05) is 19.7 Å². The van der Waals surface area contributed by atoms with Crippen molar-refractivity contribution in [3.8, 4) is 0 Å². The number of hydrogen-bond acceptors (Lipinski definition) is 5. The van der Waals surface area contributed by atoms with Crippen LogP contribution in [0, 0.1) is 5.92 Å². The molecule has 134 valence electrons. The lowest BCUT2D eigenvalue weighted by Crippen LogP contribution is -2.43. The van der Waals surface area contributed by atoms with Crippen LogP contribution in [0.3, 0.4) is 0 Å². The van der Waals surface area contributed by atoms with Crippen LogP contribution in [0.4, 0.5) is 4.79 Å². The zero-order valence-corrected chi connectivity index (χ0v) is 14.7. The van der Waals surface area contributed by atoms with E-state index >= 15 is 0 Å². The maximum atomic E-state index is 12.1. The third-order valence-corrected chi connectivity index (χ3v) is 3.87. The number of likely N-dealkylation sites (tertiary alicyclic amines) is 1. The number of ether oxygens (including phenoxy) is 2. The SMILES string of the molecule is CC(C)(C)OC(=O)N1CCC[C@@H](CCOCC(=O)c2ccco2)C1. The van der Waals surface area contributed by atoms with Gasteiger partial charge in [0.05, 0.1) is 6.26 Å². The van der Waals surface area contributed by atoms with Crippen LogP contribution in [-0.4, -0.2) is 48.7 Å². The lowest BCUT2D eigenvalue weighted by molar-refractivity contribution is 0.0141. The van der Waals surface area contributed by atoms with E-state index in [0.717, 1.165) is 25.8 Å². The molecule has 0 bridgehead atoms. The number of ketones is 1. The quantitative estimate of drug-likeness (QED) is 0.587. The number of piperidine rings is 1. The van der Waals surface area contributed by atoms with Gasteiger partial charge in [0.25, 0.3) is 0 Å². The summed E-state index contributed by atoms with van der Waals surface area (Å²) in [5.41, 5.74) is -0.473. The first-order valence-corrected chi connectivity index (χ1v) is 8.47. The number of carbonyl (C=O) groups excluding carboxylic acids is 2. The number of hydrogen-bond donors (Lipinski definition) is 0. The Morgan fingerprint density at radius 3 is 2.83 bits per heavy atom. The summed E-state index contributed by atoms with van der Waals surface area (Å²) in [6, 6.07) is 3.31. The molecule has 6 heteroatoms. The fourth-order valence-corrected chi connectivity index (χ4v) is 2.72. The minimum Gasteiger partial charge on any atom is -0.461 e. The van der Waals surface area contributed by atoms with Crippen molar-refractivity contribution in [2.45, 2.75) is 45.6 Å². The van der Waals surface area contributed by atoms with Gasteiger partial charge < -0.3 is 18.8 Å². The zero-order valence-electron chi connectivity index (χ0n) is 14.7. The van der Waals surface area contributed by atoms with Gasteiger partial charge in [-0.2, -0.15) is 0 Å². The van der Waals surface area contributed by atoms with E-state index in [1.165, 1.54) is 6.26 Å². The Kier molecular flexibility index (Phi) is 6.43. The third-order valence-electron chi connectivity index (χ3n) is 3.87. The van der Waals surface area contributed by atoms with E-state index < -0.39 is 5.60 Å². The molecule has 0 unspecified atom stereocenters. The molecule has 0 spiro atoms. The van der Waals surface area contributed by atoms with E-state index in [1.807, 2.05) is 20.8 Å². The molecule has 6 nitrogen and oxygen atoms in total. The Hall–Kier alpha value is -1.82. The molecule has 2 heterocycles. The molecule has 0 saturated carbocycles. The van der Waals surface area contributed by atoms with E-state index in [1.54, 1.807) is 17.0 Å². The molecule has 1 aromatic rings. The number of nitrogens with zero attached hydrogens (tertiary/aromatic N) is 1. The minimum atomic E-state index is -0.473. The molecule has 0 radical (unpaired) electrons. The van der Waals surface area contributed by atoms with Crippen LogP contribution in [0.2, 0.25) is 0 Å². The second-order valence-corrected chi connectivity index (χ2v) is 7.18. The summed E-state index contributed by atoms with van der Waals surface area (Å²) < 4.78 is 15.9. The van der Waals surface area contributed by atoms with Crippen molar-refractivity contribution in [2.75, 3.05) is 26.3 Å². The van der Waals surface area contributed by atoms with E-state index in [0.29, 0.717) is 24.8 Å². The highest BCUT2D eigenvalue weighted by molar-refractivity contribution is 5.94.